The Hall–Kier alpha value is -3.43. The van der Waals surface area contributed by atoms with E-state index in [9.17, 15) is 4.79 Å². The van der Waals surface area contributed by atoms with Crippen molar-refractivity contribution in [2.75, 3.05) is 25.6 Å². The summed E-state index contributed by atoms with van der Waals surface area (Å²) in [5.74, 6) is 0.529. The van der Waals surface area contributed by atoms with Gasteiger partial charge in [0.1, 0.15) is 5.75 Å². The maximum absolute atomic E-state index is 12.9. The van der Waals surface area contributed by atoms with Gasteiger partial charge >= 0.3 is 0 Å². The van der Waals surface area contributed by atoms with Gasteiger partial charge in [0.05, 0.1) is 36.7 Å². The Labute approximate surface area is 216 Å². The lowest BCUT2D eigenvalue weighted by molar-refractivity contribution is -0.116. The number of rotatable bonds is 9. The van der Waals surface area contributed by atoms with Crippen molar-refractivity contribution >= 4 is 28.9 Å². The molecule has 2 aromatic heterocycles. The van der Waals surface area contributed by atoms with Crippen LogP contribution in [0.15, 0.2) is 67.0 Å². The van der Waals surface area contributed by atoms with E-state index >= 15 is 0 Å². The molecule has 0 spiro atoms. The summed E-state index contributed by atoms with van der Waals surface area (Å²) in [5, 5.41) is 7.05. The molecule has 0 radical (unpaired) electrons. The monoisotopic (exact) mass is 505 g/mol. The average molecular weight is 506 g/mol. The van der Waals surface area contributed by atoms with Gasteiger partial charge in [-0.25, -0.2) is 0 Å². The lowest BCUT2D eigenvalue weighted by Crippen LogP contribution is -2.33. The maximum Gasteiger partial charge on any atom is 0.226 e. The highest BCUT2D eigenvalue weighted by Gasteiger charge is 2.41. The third-order valence-corrected chi connectivity index (χ3v) is 7.10. The fourth-order valence-corrected chi connectivity index (χ4v) is 5.35. The zero-order valence-corrected chi connectivity index (χ0v) is 21.1. The number of para-hydroxylation sites is 2. The van der Waals surface area contributed by atoms with Crippen molar-refractivity contribution in [3.8, 4) is 5.75 Å². The van der Waals surface area contributed by atoms with Gasteiger partial charge < -0.3 is 29.6 Å². The van der Waals surface area contributed by atoms with Crippen LogP contribution in [0, 0.1) is 0 Å². The van der Waals surface area contributed by atoms with Gasteiger partial charge in [-0.15, -0.1) is 0 Å². The van der Waals surface area contributed by atoms with Crippen LogP contribution in [0.3, 0.4) is 0 Å². The highest BCUT2D eigenvalue weighted by molar-refractivity contribution is 7.80. The largest absolute Gasteiger partial charge is 0.495 e. The van der Waals surface area contributed by atoms with E-state index in [1.54, 1.807) is 13.3 Å². The standard InChI is InChI=1S/C27H31N5O3S/c1-34-23-12-3-2-9-20(23)29-24(33)13-16-32-26(25(30-27(32)36)21-10-4-5-14-28-21)22-11-6-15-31(22)18-19-8-7-17-35-19/h2-6,9-12,14-15,19,25-26H,7-8,13,16-18H2,1H3,(H,29,33)(H,30,36)/t19-,25+,26-/m0/s1. The summed E-state index contributed by atoms with van der Waals surface area (Å²) in [7, 11) is 1.59. The van der Waals surface area contributed by atoms with Crippen LogP contribution in [0.5, 0.6) is 5.75 Å². The van der Waals surface area contributed by atoms with Crippen molar-refractivity contribution < 1.29 is 14.3 Å². The number of carbonyl (C=O) groups excluding carboxylic acids is 1. The minimum Gasteiger partial charge on any atom is -0.495 e. The van der Waals surface area contributed by atoms with E-state index in [-0.39, 0.29) is 30.5 Å². The first-order valence-corrected chi connectivity index (χ1v) is 12.7. The average Bonchev–Trinajstić information content (AvgIpc) is 3.65. The fourth-order valence-electron chi connectivity index (χ4n) is 5.02. The molecule has 36 heavy (non-hydrogen) atoms. The molecular weight excluding hydrogens is 474 g/mol. The third-order valence-electron chi connectivity index (χ3n) is 6.75. The summed E-state index contributed by atoms with van der Waals surface area (Å²) in [4.78, 5) is 19.6. The van der Waals surface area contributed by atoms with Crippen molar-refractivity contribution in [2.45, 2.75) is 44.0 Å². The first kappa shape index (κ1) is 24.3. The molecule has 5 rings (SSSR count). The molecule has 2 saturated heterocycles. The maximum atomic E-state index is 12.9. The summed E-state index contributed by atoms with van der Waals surface area (Å²) in [6.07, 6.45) is 6.55. The number of ether oxygens (including phenoxy) is 2. The zero-order valence-electron chi connectivity index (χ0n) is 20.3. The predicted molar refractivity (Wildman–Crippen MR) is 142 cm³/mol. The number of anilines is 1. The molecule has 0 unspecified atom stereocenters. The van der Waals surface area contributed by atoms with Crippen molar-refractivity contribution in [2.24, 2.45) is 0 Å². The number of nitrogens with zero attached hydrogens (tertiary/aromatic N) is 3. The predicted octanol–water partition coefficient (Wildman–Crippen LogP) is 4.07. The molecular formula is C27H31N5O3S. The van der Waals surface area contributed by atoms with E-state index in [2.05, 4.69) is 43.4 Å². The van der Waals surface area contributed by atoms with Crippen LogP contribution in [0.2, 0.25) is 0 Å². The van der Waals surface area contributed by atoms with Crippen LogP contribution >= 0.6 is 12.2 Å². The summed E-state index contributed by atoms with van der Waals surface area (Å²) in [6.45, 7) is 2.08. The van der Waals surface area contributed by atoms with Crippen LogP contribution in [0.25, 0.3) is 0 Å². The van der Waals surface area contributed by atoms with E-state index in [4.69, 9.17) is 21.7 Å². The molecule has 4 heterocycles. The smallest absolute Gasteiger partial charge is 0.226 e. The molecule has 9 heteroatoms. The van der Waals surface area contributed by atoms with Crippen LogP contribution < -0.4 is 15.4 Å². The number of amides is 1. The Morgan fingerprint density at radius 2 is 2.08 bits per heavy atom. The Kier molecular flexibility index (Phi) is 7.48. The molecule has 8 nitrogen and oxygen atoms in total. The van der Waals surface area contributed by atoms with E-state index in [1.165, 1.54) is 0 Å². The topological polar surface area (TPSA) is 80.7 Å². The second-order valence-corrected chi connectivity index (χ2v) is 9.43. The molecule has 0 saturated carbocycles. The number of pyridine rings is 1. The summed E-state index contributed by atoms with van der Waals surface area (Å²) in [5.41, 5.74) is 2.69. The highest BCUT2D eigenvalue weighted by Crippen LogP contribution is 2.39. The number of benzene rings is 1. The molecule has 0 aliphatic carbocycles. The van der Waals surface area contributed by atoms with E-state index < -0.39 is 0 Å². The molecule has 3 atom stereocenters. The Morgan fingerprint density at radius 3 is 2.86 bits per heavy atom. The van der Waals surface area contributed by atoms with Gasteiger partial charge in [0.15, 0.2) is 5.11 Å². The summed E-state index contributed by atoms with van der Waals surface area (Å²) >= 11 is 5.78. The number of hydrogen-bond donors (Lipinski definition) is 2. The number of nitrogens with one attached hydrogen (secondary N) is 2. The Balaban J connectivity index is 1.37. The lowest BCUT2D eigenvalue weighted by atomic mass is 10.0. The molecule has 2 fully saturated rings. The number of thiocarbonyl (C=S) groups is 1. The van der Waals surface area contributed by atoms with Crippen LogP contribution in [-0.4, -0.2) is 51.8 Å². The number of hydrogen-bond acceptors (Lipinski definition) is 5. The number of aromatic nitrogens is 2. The van der Waals surface area contributed by atoms with Gasteiger partial charge in [0.2, 0.25) is 5.91 Å². The number of carbonyl (C=O) groups is 1. The molecule has 2 aliphatic rings. The normalized spacial score (nSPS) is 21.4. The molecule has 1 amide bonds. The molecule has 2 N–H and O–H groups in total. The highest BCUT2D eigenvalue weighted by atomic mass is 32.1. The van der Waals surface area contributed by atoms with Gasteiger partial charge in [-0.2, -0.15) is 0 Å². The number of methoxy groups -OCH3 is 1. The van der Waals surface area contributed by atoms with Crippen molar-refractivity contribution in [1.82, 2.24) is 19.8 Å². The molecule has 2 aliphatic heterocycles. The first-order chi connectivity index (χ1) is 17.6. The van der Waals surface area contributed by atoms with Gasteiger partial charge in [0.25, 0.3) is 0 Å². The fraction of sp³-hybridized carbons (Fsp3) is 0.370. The van der Waals surface area contributed by atoms with Crippen LogP contribution in [-0.2, 0) is 16.1 Å². The van der Waals surface area contributed by atoms with Crippen molar-refractivity contribution in [1.29, 1.82) is 0 Å². The second kappa shape index (κ2) is 11.1. The van der Waals surface area contributed by atoms with E-state index in [1.807, 2.05) is 42.5 Å². The van der Waals surface area contributed by atoms with Gasteiger partial charge in [-0.05, 0) is 61.5 Å². The Bertz CT molecular complexity index is 1190. The van der Waals surface area contributed by atoms with Gasteiger partial charge in [-0.3, -0.25) is 9.78 Å². The molecule has 188 valence electrons. The van der Waals surface area contributed by atoms with Crippen molar-refractivity contribution in [3.05, 3.63) is 78.4 Å². The zero-order chi connectivity index (χ0) is 24.9. The minimum absolute atomic E-state index is 0.0999. The molecule has 1 aromatic carbocycles. The van der Waals surface area contributed by atoms with Crippen molar-refractivity contribution in [3.63, 3.8) is 0 Å². The minimum atomic E-state index is -0.130. The summed E-state index contributed by atoms with van der Waals surface area (Å²) in [6, 6.07) is 17.3. The Morgan fingerprint density at radius 1 is 1.22 bits per heavy atom. The summed E-state index contributed by atoms with van der Waals surface area (Å²) < 4.78 is 13.5. The van der Waals surface area contributed by atoms with E-state index in [0.717, 1.165) is 37.4 Å². The first-order valence-electron chi connectivity index (χ1n) is 12.3. The quantitative estimate of drug-likeness (QED) is 0.424. The van der Waals surface area contributed by atoms with Gasteiger partial charge in [-0.1, -0.05) is 18.2 Å². The van der Waals surface area contributed by atoms with E-state index in [0.29, 0.717) is 23.1 Å². The lowest BCUT2D eigenvalue weighted by Gasteiger charge is -2.29. The molecule has 0 bridgehead atoms. The SMILES string of the molecule is COc1ccccc1NC(=O)CCN1C(=S)N[C@H](c2ccccn2)[C@@H]1c1cccn1C[C@@H]1CCCO1. The van der Waals surface area contributed by atoms with Gasteiger partial charge in [0, 0.05) is 44.2 Å². The molecule has 3 aromatic rings. The third kappa shape index (κ3) is 5.22. The van der Waals surface area contributed by atoms with Crippen LogP contribution in [0.4, 0.5) is 5.69 Å². The second-order valence-electron chi connectivity index (χ2n) is 9.04. The van der Waals surface area contributed by atoms with Crippen LogP contribution in [0.1, 0.15) is 42.7 Å².